The number of rotatable bonds is 6. The van der Waals surface area contributed by atoms with Crippen LogP contribution in [0, 0.1) is 11.7 Å². The number of nitrogens with one attached hydrogen (secondary N) is 2. The molecular weight excluding hydrogens is 289 g/mol. The van der Waals surface area contributed by atoms with Gasteiger partial charge in [0.15, 0.2) is 5.13 Å². The van der Waals surface area contributed by atoms with E-state index in [2.05, 4.69) is 15.6 Å². The van der Waals surface area contributed by atoms with Gasteiger partial charge < -0.3 is 10.6 Å². The second-order valence-corrected chi connectivity index (χ2v) is 5.95. The van der Waals surface area contributed by atoms with E-state index in [4.69, 9.17) is 0 Å². The fourth-order valence-corrected chi connectivity index (χ4v) is 2.36. The zero-order valence-corrected chi connectivity index (χ0v) is 12.8. The van der Waals surface area contributed by atoms with Gasteiger partial charge in [0.2, 0.25) is 5.91 Å². The summed E-state index contributed by atoms with van der Waals surface area (Å²) < 4.78 is 12.9. The molecule has 0 bridgehead atoms. The first-order valence-corrected chi connectivity index (χ1v) is 7.64. The summed E-state index contributed by atoms with van der Waals surface area (Å²) in [6, 6.07) is 6.18. The molecule has 0 aliphatic heterocycles. The summed E-state index contributed by atoms with van der Waals surface area (Å²) in [7, 11) is 0. The van der Waals surface area contributed by atoms with Gasteiger partial charge in [-0.15, -0.1) is 11.3 Å². The Hall–Kier alpha value is -1.95. The molecule has 2 N–H and O–H groups in total. The van der Waals surface area contributed by atoms with Crippen LogP contribution in [0.25, 0.3) is 11.3 Å². The molecule has 0 atom stereocenters. The van der Waals surface area contributed by atoms with Crippen molar-refractivity contribution in [2.24, 2.45) is 5.92 Å². The third kappa shape index (κ3) is 4.82. The number of carbonyl (C=O) groups excluding carboxylic acids is 1. The van der Waals surface area contributed by atoms with Crippen LogP contribution >= 0.6 is 11.3 Å². The molecule has 1 aromatic carbocycles. The third-order valence-electron chi connectivity index (χ3n) is 2.75. The summed E-state index contributed by atoms with van der Waals surface area (Å²) in [4.78, 5) is 16.0. The second-order valence-electron chi connectivity index (χ2n) is 5.10. The quantitative estimate of drug-likeness (QED) is 0.862. The van der Waals surface area contributed by atoms with Crippen molar-refractivity contribution in [2.45, 2.75) is 13.8 Å². The number of aromatic nitrogens is 1. The van der Waals surface area contributed by atoms with Crippen LogP contribution in [0.5, 0.6) is 0 Å². The fraction of sp³-hybridized carbons (Fsp3) is 0.333. The molecule has 0 aliphatic carbocycles. The first-order chi connectivity index (χ1) is 10.0. The van der Waals surface area contributed by atoms with Gasteiger partial charge in [0.1, 0.15) is 5.82 Å². The van der Waals surface area contributed by atoms with Crippen molar-refractivity contribution in [1.82, 2.24) is 10.3 Å². The summed E-state index contributed by atoms with van der Waals surface area (Å²) in [5.74, 6) is 0.107. The van der Waals surface area contributed by atoms with E-state index < -0.39 is 0 Å². The number of thiazole rings is 1. The SMILES string of the molecule is CC(C)CNC(=O)CNc1nc(-c2ccc(F)cc2)cs1. The summed E-state index contributed by atoms with van der Waals surface area (Å²) in [5, 5.41) is 8.37. The number of anilines is 1. The molecular formula is C15H18FN3OS. The number of carbonyl (C=O) groups is 1. The first-order valence-electron chi connectivity index (χ1n) is 6.76. The zero-order chi connectivity index (χ0) is 15.2. The Balaban J connectivity index is 1.88. The van der Waals surface area contributed by atoms with E-state index in [1.165, 1.54) is 23.5 Å². The highest BCUT2D eigenvalue weighted by Gasteiger charge is 2.07. The van der Waals surface area contributed by atoms with E-state index in [1.54, 1.807) is 12.1 Å². The van der Waals surface area contributed by atoms with E-state index in [0.29, 0.717) is 17.6 Å². The Kier molecular flexibility index (Phi) is 5.27. The minimum Gasteiger partial charge on any atom is -0.354 e. The maximum atomic E-state index is 12.9. The van der Waals surface area contributed by atoms with Gasteiger partial charge in [0.25, 0.3) is 0 Å². The van der Waals surface area contributed by atoms with Gasteiger partial charge in [0.05, 0.1) is 12.2 Å². The van der Waals surface area contributed by atoms with Crippen LogP contribution in [-0.2, 0) is 4.79 Å². The van der Waals surface area contributed by atoms with E-state index in [0.717, 1.165) is 11.3 Å². The van der Waals surface area contributed by atoms with Crippen molar-refractivity contribution in [2.75, 3.05) is 18.4 Å². The topological polar surface area (TPSA) is 54.0 Å². The molecule has 0 fully saturated rings. The van der Waals surface area contributed by atoms with Gasteiger partial charge >= 0.3 is 0 Å². The van der Waals surface area contributed by atoms with Gasteiger partial charge in [-0.2, -0.15) is 0 Å². The van der Waals surface area contributed by atoms with E-state index >= 15 is 0 Å². The van der Waals surface area contributed by atoms with E-state index in [1.807, 2.05) is 19.2 Å². The molecule has 21 heavy (non-hydrogen) atoms. The van der Waals surface area contributed by atoms with Crippen molar-refractivity contribution in [3.8, 4) is 11.3 Å². The molecule has 0 unspecified atom stereocenters. The molecule has 0 spiro atoms. The minimum atomic E-state index is -0.269. The third-order valence-corrected chi connectivity index (χ3v) is 3.55. The predicted octanol–water partition coefficient (Wildman–Crippen LogP) is 3.13. The van der Waals surface area contributed by atoms with Crippen molar-refractivity contribution >= 4 is 22.4 Å². The van der Waals surface area contributed by atoms with Crippen LogP contribution in [0.2, 0.25) is 0 Å². The molecule has 6 heteroatoms. The number of amides is 1. The van der Waals surface area contributed by atoms with Crippen molar-refractivity contribution in [1.29, 1.82) is 0 Å². The molecule has 1 aromatic heterocycles. The van der Waals surface area contributed by atoms with Crippen LogP contribution in [0.4, 0.5) is 9.52 Å². The lowest BCUT2D eigenvalue weighted by Gasteiger charge is -2.07. The summed E-state index contributed by atoms with van der Waals surface area (Å²) >= 11 is 1.42. The van der Waals surface area contributed by atoms with Gasteiger partial charge in [-0.05, 0) is 30.2 Å². The van der Waals surface area contributed by atoms with Crippen LogP contribution in [0.1, 0.15) is 13.8 Å². The molecule has 2 aromatic rings. The largest absolute Gasteiger partial charge is 0.354 e. The lowest BCUT2D eigenvalue weighted by molar-refractivity contribution is -0.119. The maximum Gasteiger partial charge on any atom is 0.239 e. The van der Waals surface area contributed by atoms with Crippen LogP contribution in [0.15, 0.2) is 29.6 Å². The Morgan fingerprint density at radius 3 is 2.71 bits per heavy atom. The van der Waals surface area contributed by atoms with E-state index in [9.17, 15) is 9.18 Å². The molecule has 4 nitrogen and oxygen atoms in total. The summed E-state index contributed by atoms with van der Waals surface area (Å²) in [6.07, 6.45) is 0. The highest BCUT2D eigenvalue weighted by atomic mass is 32.1. The van der Waals surface area contributed by atoms with Crippen LogP contribution in [0.3, 0.4) is 0 Å². The minimum absolute atomic E-state index is 0.0535. The number of benzene rings is 1. The number of halogens is 1. The van der Waals surface area contributed by atoms with E-state index in [-0.39, 0.29) is 18.3 Å². The lowest BCUT2D eigenvalue weighted by Crippen LogP contribution is -2.32. The Morgan fingerprint density at radius 1 is 1.33 bits per heavy atom. The lowest BCUT2D eigenvalue weighted by atomic mass is 10.2. The molecule has 0 saturated carbocycles. The maximum absolute atomic E-state index is 12.9. The molecule has 0 saturated heterocycles. The second kappa shape index (κ2) is 7.17. The zero-order valence-electron chi connectivity index (χ0n) is 12.0. The van der Waals surface area contributed by atoms with Crippen molar-refractivity contribution in [3.05, 3.63) is 35.5 Å². The summed E-state index contributed by atoms with van der Waals surface area (Å²) in [6.45, 7) is 4.95. The van der Waals surface area contributed by atoms with Crippen LogP contribution in [-0.4, -0.2) is 24.0 Å². The fourth-order valence-electron chi connectivity index (χ4n) is 1.64. The highest BCUT2D eigenvalue weighted by molar-refractivity contribution is 7.14. The molecule has 1 heterocycles. The molecule has 0 aliphatic rings. The Bertz CT molecular complexity index is 595. The van der Waals surface area contributed by atoms with Gasteiger partial charge in [-0.1, -0.05) is 13.8 Å². The number of hydrogen-bond donors (Lipinski definition) is 2. The predicted molar refractivity (Wildman–Crippen MR) is 83.8 cm³/mol. The van der Waals surface area contributed by atoms with Gasteiger partial charge in [-0.25, -0.2) is 9.37 Å². The Labute approximate surface area is 127 Å². The monoisotopic (exact) mass is 307 g/mol. The first kappa shape index (κ1) is 15.4. The van der Waals surface area contributed by atoms with Gasteiger partial charge in [-0.3, -0.25) is 4.79 Å². The average Bonchev–Trinajstić information content (AvgIpc) is 2.92. The standard InChI is InChI=1S/C15H18FN3OS/c1-10(2)7-17-14(20)8-18-15-19-13(9-21-15)11-3-5-12(16)6-4-11/h3-6,9-10H,7-8H2,1-2H3,(H,17,20)(H,18,19). The molecule has 1 amide bonds. The number of nitrogens with zero attached hydrogens (tertiary/aromatic N) is 1. The highest BCUT2D eigenvalue weighted by Crippen LogP contribution is 2.24. The molecule has 0 radical (unpaired) electrons. The molecule has 2 rings (SSSR count). The normalized spacial score (nSPS) is 10.7. The van der Waals surface area contributed by atoms with Crippen LogP contribution < -0.4 is 10.6 Å². The smallest absolute Gasteiger partial charge is 0.239 e. The van der Waals surface area contributed by atoms with Crippen molar-refractivity contribution < 1.29 is 9.18 Å². The van der Waals surface area contributed by atoms with Crippen molar-refractivity contribution in [3.63, 3.8) is 0 Å². The number of hydrogen-bond acceptors (Lipinski definition) is 4. The summed E-state index contributed by atoms with van der Waals surface area (Å²) in [5.41, 5.74) is 1.62. The average molecular weight is 307 g/mol. The Morgan fingerprint density at radius 2 is 2.05 bits per heavy atom. The molecule has 112 valence electrons. The van der Waals surface area contributed by atoms with Gasteiger partial charge in [0, 0.05) is 17.5 Å².